The second kappa shape index (κ2) is 4.87. The molecule has 0 saturated heterocycles. The lowest BCUT2D eigenvalue weighted by Gasteiger charge is -2.06. The van der Waals surface area contributed by atoms with Gasteiger partial charge in [-0.25, -0.2) is 4.98 Å². The van der Waals surface area contributed by atoms with Gasteiger partial charge in [0.1, 0.15) is 11.3 Å². The molecule has 0 unspecified atom stereocenters. The molecule has 3 heterocycles. The highest BCUT2D eigenvalue weighted by Crippen LogP contribution is 2.32. The maximum Gasteiger partial charge on any atom is 0.416 e. The van der Waals surface area contributed by atoms with Crippen LogP contribution in [0.1, 0.15) is 11.4 Å². The van der Waals surface area contributed by atoms with Gasteiger partial charge in [0.25, 0.3) is 0 Å². The number of imidazole rings is 1. The molecular formula is C18H14F3N3. The van der Waals surface area contributed by atoms with Crippen LogP contribution in [0.25, 0.3) is 27.7 Å². The van der Waals surface area contributed by atoms with Gasteiger partial charge in [0, 0.05) is 25.0 Å². The second-order valence-electron chi connectivity index (χ2n) is 5.86. The lowest BCUT2D eigenvalue weighted by molar-refractivity contribution is -0.137. The van der Waals surface area contributed by atoms with Crippen molar-refractivity contribution in [3.63, 3.8) is 0 Å². The van der Waals surface area contributed by atoms with Crippen LogP contribution in [0.3, 0.4) is 0 Å². The van der Waals surface area contributed by atoms with Gasteiger partial charge in [-0.2, -0.15) is 13.2 Å². The molecule has 4 rings (SSSR count). The molecule has 3 aromatic heterocycles. The Balaban J connectivity index is 1.86. The Morgan fingerprint density at radius 3 is 2.33 bits per heavy atom. The Morgan fingerprint density at radius 1 is 0.958 bits per heavy atom. The third-order valence-electron chi connectivity index (χ3n) is 4.39. The van der Waals surface area contributed by atoms with Crippen molar-refractivity contribution in [3.8, 4) is 11.1 Å². The van der Waals surface area contributed by atoms with Crippen LogP contribution in [-0.2, 0) is 13.2 Å². The topological polar surface area (TPSA) is 22.2 Å². The molecule has 0 bridgehead atoms. The molecule has 0 N–H and O–H groups in total. The third kappa shape index (κ3) is 2.18. The molecule has 3 nitrogen and oxygen atoms in total. The molecule has 0 aliphatic rings. The number of benzene rings is 1. The molecule has 122 valence electrons. The molecule has 0 amide bonds. The summed E-state index contributed by atoms with van der Waals surface area (Å²) in [5.41, 5.74) is 3.81. The molecule has 0 atom stereocenters. The quantitative estimate of drug-likeness (QED) is 0.491. The number of pyridine rings is 1. The molecular weight excluding hydrogens is 315 g/mol. The first-order valence-corrected chi connectivity index (χ1v) is 7.46. The molecule has 0 aliphatic heterocycles. The Morgan fingerprint density at radius 2 is 1.67 bits per heavy atom. The van der Waals surface area contributed by atoms with Crippen LogP contribution in [0.5, 0.6) is 0 Å². The predicted octanol–water partition coefficient (Wildman–Crippen LogP) is 4.82. The van der Waals surface area contributed by atoms with Crippen molar-refractivity contribution < 1.29 is 13.2 Å². The molecule has 1 aromatic carbocycles. The summed E-state index contributed by atoms with van der Waals surface area (Å²) >= 11 is 0. The van der Waals surface area contributed by atoms with Crippen LogP contribution >= 0.6 is 0 Å². The molecule has 4 aromatic rings. The summed E-state index contributed by atoms with van der Waals surface area (Å²) in [6, 6.07) is 9.16. The van der Waals surface area contributed by atoms with Crippen LogP contribution in [0.15, 0.2) is 48.8 Å². The van der Waals surface area contributed by atoms with Crippen molar-refractivity contribution in [2.24, 2.45) is 7.05 Å². The lowest BCUT2D eigenvalue weighted by Crippen LogP contribution is -2.03. The predicted molar refractivity (Wildman–Crippen MR) is 86.8 cm³/mol. The summed E-state index contributed by atoms with van der Waals surface area (Å²) in [5.74, 6) is 0.912. The van der Waals surface area contributed by atoms with E-state index in [0.29, 0.717) is 0 Å². The standard InChI is InChI=1S/C18H14F3N3/c1-11-22-17-15(23(11)2)7-8-24-10-13(9-16(17)24)12-3-5-14(6-4-12)18(19,20)21/h3-10H,1-2H3. The van der Waals surface area contributed by atoms with Crippen molar-refractivity contribution in [2.45, 2.75) is 13.1 Å². The second-order valence-corrected chi connectivity index (χ2v) is 5.86. The van der Waals surface area contributed by atoms with Gasteiger partial charge in [0.2, 0.25) is 0 Å². The van der Waals surface area contributed by atoms with Gasteiger partial charge in [-0.05, 0) is 36.8 Å². The first-order valence-electron chi connectivity index (χ1n) is 7.46. The van der Waals surface area contributed by atoms with E-state index in [1.54, 1.807) is 0 Å². The van der Waals surface area contributed by atoms with E-state index in [4.69, 9.17) is 0 Å². The van der Waals surface area contributed by atoms with E-state index in [2.05, 4.69) is 4.98 Å². The van der Waals surface area contributed by atoms with E-state index in [-0.39, 0.29) is 0 Å². The van der Waals surface area contributed by atoms with E-state index in [9.17, 15) is 13.2 Å². The number of hydrogen-bond donors (Lipinski definition) is 0. The monoisotopic (exact) mass is 329 g/mol. The number of alkyl halides is 3. The number of halogens is 3. The van der Waals surface area contributed by atoms with E-state index in [1.165, 1.54) is 12.1 Å². The van der Waals surface area contributed by atoms with Crippen molar-refractivity contribution in [1.82, 2.24) is 14.0 Å². The van der Waals surface area contributed by atoms with E-state index < -0.39 is 11.7 Å². The zero-order valence-corrected chi connectivity index (χ0v) is 13.1. The number of hydrogen-bond acceptors (Lipinski definition) is 1. The Labute approximate surface area is 136 Å². The minimum absolute atomic E-state index is 0.641. The van der Waals surface area contributed by atoms with Crippen LogP contribution < -0.4 is 0 Å². The van der Waals surface area contributed by atoms with Gasteiger partial charge in [0.05, 0.1) is 16.6 Å². The average Bonchev–Trinajstić information content (AvgIpc) is 3.09. The van der Waals surface area contributed by atoms with Crippen molar-refractivity contribution in [1.29, 1.82) is 0 Å². The van der Waals surface area contributed by atoms with Crippen molar-refractivity contribution in [3.05, 3.63) is 60.2 Å². The fourth-order valence-electron chi connectivity index (χ4n) is 2.96. The van der Waals surface area contributed by atoms with E-state index >= 15 is 0 Å². The minimum atomic E-state index is -4.32. The average molecular weight is 329 g/mol. The normalized spacial score (nSPS) is 12.4. The minimum Gasteiger partial charge on any atom is -0.331 e. The first kappa shape index (κ1) is 14.8. The zero-order valence-electron chi connectivity index (χ0n) is 13.1. The lowest BCUT2D eigenvalue weighted by atomic mass is 10.1. The third-order valence-corrected chi connectivity index (χ3v) is 4.39. The highest BCUT2D eigenvalue weighted by atomic mass is 19.4. The molecule has 6 heteroatoms. The van der Waals surface area contributed by atoms with Gasteiger partial charge >= 0.3 is 6.18 Å². The van der Waals surface area contributed by atoms with Crippen LogP contribution in [-0.4, -0.2) is 14.0 Å². The maximum atomic E-state index is 12.7. The molecule has 0 aliphatic carbocycles. The summed E-state index contributed by atoms with van der Waals surface area (Å²) in [4.78, 5) is 4.59. The van der Waals surface area contributed by atoms with E-state index in [1.807, 2.05) is 47.5 Å². The number of aryl methyl sites for hydroxylation is 2. The highest BCUT2D eigenvalue weighted by molar-refractivity contribution is 5.93. The largest absolute Gasteiger partial charge is 0.416 e. The number of rotatable bonds is 1. The SMILES string of the molecule is Cc1nc2c(ccn3cc(-c4ccc(C(F)(F)F)cc4)cc23)n1C. The Kier molecular flexibility index (Phi) is 3.00. The van der Waals surface area contributed by atoms with Gasteiger partial charge in [-0.1, -0.05) is 12.1 Å². The first-order chi connectivity index (χ1) is 11.3. The highest BCUT2D eigenvalue weighted by Gasteiger charge is 2.30. The summed E-state index contributed by atoms with van der Waals surface area (Å²) < 4.78 is 42.0. The molecule has 0 saturated carbocycles. The van der Waals surface area contributed by atoms with Crippen LogP contribution in [0, 0.1) is 6.92 Å². The van der Waals surface area contributed by atoms with Crippen molar-refractivity contribution in [2.75, 3.05) is 0 Å². The summed E-state index contributed by atoms with van der Waals surface area (Å²) in [7, 11) is 1.96. The smallest absolute Gasteiger partial charge is 0.331 e. The molecule has 0 fully saturated rings. The number of aromatic nitrogens is 3. The fraction of sp³-hybridized carbons (Fsp3) is 0.167. The van der Waals surface area contributed by atoms with Crippen molar-refractivity contribution >= 4 is 16.6 Å². The number of nitrogens with zero attached hydrogens (tertiary/aromatic N) is 3. The maximum absolute atomic E-state index is 12.7. The summed E-state index contributed by atoms with van der Waals surface area (Å²) in [6.07, 6.45) is -0.477. The van der Waals surface area contributed by atoms with Crippen LogP contribution in [0.2, 0.25) is 0 Å². The van der Waals surface area contributed by atoms with Gasteiger partial charge < -0.3 is 8.97 Å². The fourth-order valence-corrected chi connectivity index (χ4v) is 2.96. The Hall–Kier alpha value is -2.76. The molecule has 0 radical (unpaired) electrons. The van der Waals surface area contributed by atoms with Gasteiger partial charge in [-0.15, -0.1) is 0 Å². The number of fused-ring (bicyclic) bond motifs is 3. The van der Waals surface area contributed by atoms with Gasteiger partial charge in [-0.3, -0.25) is 0 Å². The van der Waals surface area contributed by atoms with E-state index in [0.717, 1.165) is 45.6 Å². The van der Waals surface area contributed by atoms with Gasteiger partial charge in [0.15, 0.2) is 0 Å². The van der Waals surface area contributed by atoms with Crippen LogP contribution in [0.4, 0.5) is 13.2 Å². The Bertz CT molecular complexity index is 1050. The summed E-state index contributed by atoms with van der Waals surface area (Å²) in [6.45, 7) is 1.94. The summed E-state index contributed by atoms with van der Waals surface area (Å²) in [5, 5.41) is 0. The zero-order chi connectivity index (χ0) is 17.1. The molecule has 0 spiro atoms. The molecule has 24 heavy (non-hydrogen) atoms.